The molecule has 124 valence electrons. The summed E-state index contributed by atoms with van der Waals surface area (Å²) >= 11 is 6.04. The van der Waals surface area contributed by atoms with Crippen LogP contribution in [0.15, 0.2) is 18.2 Å². The smallest absolute Gasteiger partial charge is 0.306 e. The standard InChI is InChI=1S/C12H15ClO2.C5H10O2/c1-3-15-12(14)8-7-10-9(2)5-4-6-11(10)13;6-5(7)3-1-2-4-5/h4-6H,3,7-8H2,1-2H3;6-7H,1-4H2. The maximum absolute atomic E-state index is 11.2. The predicted octanol–water partition coefficient (Wildman–Crippen LogP) is 3.39. The Labute approximate surface area is 137 Å². The van der Waals surface area contributed by atoms with E-state index < -0.39 is 5.79 Å². The molecule has 1 aromatic carbocycles. The molecule has 1 aliphatic carbocycles. The Balaban J connectivity index is 0.000000287. The highest BCUT2D eigenvalue weighted by Gasteiger charge is 2.26. The zero-order valence-corrected chi connectivity index (χ0v) is 14.0. The molecule has 0 unspecified atom stereocenters. The molecule has 0 atom stereocenters. The number of carbonyl (C=O) groups is 1. The van der Waals surface area contributed by atoms with Crippen molar-refractivity contribution in [1.29, 1.82) is 0 Å². The van der Waals surface area contributed by atoms with E-state index in [1.807, 2.05) is 25.1 Å². The van der Waals surface area contributed by atoms with Crippen LogP contribution in [0.1, 0.15) is 50.2 Å². The lowest BCUT2D eigenvalue weighted by atomic mass is 10.0. The van der Waals surface area contributed by atoms with Crippen LogP contribution in [0.2, 0.25) is 5.02 Å². The molecule has 0 bridgehead atoms. The van der Waals surface area contributed by atoms with E-state index in [0.717, 1.165) is 29.0 Å². The number of ether oxygens (including phenoxy) is 1. The maximum atomic E-state index is 11.2. The first kappa shape index (κ1) is 18.9. The number of hydrogen-bond acceptors (Lipinski definition) is 4. The summed E-state index contributed by atoms with van der Waals surface area (Å²) in [6.45, 7) is 4.23. The third kappa shape index (κ3) is 6.77. The van der Waals surface area contributed by atoms with E-state index in [2.05, 4.69) is 0 Å². The number of benzene rings is 1. The second-order valence-corrected chi connectivity index (χ2v) is 5.94. The van der Waals surface area contributed by atoms with Gasteiger partial charge in [0.25, 0.3) is 0 Å². The van der Waals surface area contributed by atoms with Crippen molar-refractivity contribution >= 4 is 17.6 Å². The van der Waals surface area contributed by atoms with E-state index in [1.165, 1.54) is 0 Å². The van der Waals surface area contributed by atoms with Gasteiger partial charge in [-0.05, 0) is 50.3 Å². The fourth-order valence-corrected chi connectivity index (χ4v) is 2.70. The van der Waals surface area contributed by atoms with Crippen LogP contribution in [0, 0.1) is 6.92 Å². The molecule has 1 aliphatic rings. The van der Waals surface area contributed by atoms with Crippen molar-refractivity contribution in [3.05, 3.63) is 34.3 Å². The molecule has 0 amide bonds. The van der Waals surface area contributed by atoms with Crippen LogP contribution >= 0.6 is 11.6 Å². The predicted molar refractivity (Wildman–Crippen MR) is 86.8 cm³/mol. The zero-order valence-electron chi connectivity index (χ0n) is 13.3. The second kappa shape index (κ2) is 9.13. The third-order valence-electron chi connectivity index (χ3n) is 3.64. The van der Waals surface area contributed by atoms with Gasteiger partial charge in [-0.25, -0.2) is 0 Å². The molecular weight excluding hydrogens is 304 g/mol. The molecule has 1 aromatic rings. The number of rotatable bonds is 4. The molecule has 5 heteroatoms. The molecule has 0 radical (unpaired) electrons. The molecule has 1 saturated carbocycles. The van der Waals surface area contributed by atoms with Crippen LogP contribution in [0.3, 0.4) is 0 Å². The van der Waals surface area contributed by atoms with E-state index >= 15 is 0 Å². The Kier molecular flexibility index (Phi) is 7.87. The topological polar surface area (TPSA) is 66.8 Å². The van der Waals surface area contributed by atoms with Crippen LogP contribution in [-0.2, 0) is 16.0 Å². The van der Waals surface area contributed by atoms with Gasteiger partial charge in [0.15, 0.2) is 5.79 Å². The molecule has 2 rings (SSSR count). The van der Waals surface area contributed by atoms with E-state index in [9.17, 15) is 4.79 Å². The van der Waals surface area contributed by atoms with Crippen LogP contribution in [0.5, 0.6) is 0 Å². The van der Waals surface area contributed by atoms with Crippen LogP contribution in [0.25, 0.3) is 0 Å². The molecule has 0 spiro atoms. The first-order valence-electron chi connectivity index (χ1n) is 7.70. The van der Waals surface area contributed by atoms with Gasteiger partial charge in [0.1, 0.15) is 0 Å². The summed E-state index contributed by atoms with van der Waals surface area (Å²) in [6.07, 6.45) is 4.09. The average Bonchev–Trinajstić information content (AvgIpc) is 2.84. The molecule has 0 aromatic heterocycles. The van der Waals surface area contributed by atoms with Crippen molar-refractivity contribution in [1.82, 2.24) is 0 Å². The molecule has 4 nitrogen and oxygen atoms in total. The minimum Gasteiger partial charge on any atom is -0.466 e. The quantitative estimate of drug-likeness (QED) is 0.656. The Morgan fingerprint density at radius 3 is 2.41 bits per heavy atom. The SMILES string of the molecule is CCOC(=O)CCc1c(C)cccc1Cl.OC1(O)CCCC1. The monoisotopic (exact) mass is 328 g/mol. The van der Waals surface area contributed by atoms with Crippen molar-refractivity contribution in [3.8, 4) is 0 Å². The summed E-state index contributed by atoms with van der Waals surface area (Å²) in [5.74, 6) is -1.48. The zero-order chi connectivity index (χ0) is 16.6. The number of hydrogen-bond donors (Lipinski definition) is 2. The summed E-state index contributed by atoms with van der Waals surface area (Å²) in [6, 6.07) is 5.74. The summed E-state index contributed by atoms with van der Waals surface area (Å²) in [5.41, 5.74) is 2.15. The first-order chi connectivity index (χ1) is 10.4. The lowest BCUT2D eigenvalue weighted by Gasteiger charge is -2.11. The summed E-state index contributed by atoms with van der Waals surface area (Å²) in [4.78, 5) is 11.2. The van der Waals surface area contributed by atoms with E-state index in [-0.39, 0.29) is 5.97 Å². The van der Waals surface area contributed by atoms with Gasteiger partial charge >= 0.3 is 5.97 Å². The highest BCUT2D eigenvalue weighted by molar-refractivity contribution is 6.31. The number of carbonyl (C=O) groups excluding carboxylic acids is 1. The first-order valence-corrected chi connectivity index (χ1v) is 8.08. The number of halogens is 1. The molecule has 0 saturated heterocycles. The van der Waals surface area contributed by atoms with Crippen LogP contribution in [-0.4, -0.2) is 28.6 Å². The molecule has 0 aliphatic heterocycles. The van der Waals surface area contributed by atoms with Gasteiger partial charge in [-0.3, -0.25) is 4.79 Å². The molecule has 2 N–H and O–H groups in total. The van der Waals surface area contributed by atoms with Crippen molar-refractivity contribution in [2.75, 3.05) is 6.61 Å². The third-order valence-corrected chi connectivity index (χ3v) is 4.00. The van der Waals surface area contributed by atoms with E-state index in [0.29, 0.717) is 32.3 Å². The van der Waals surface area contributed by atoms with Gasteiger partial charge < -0.3 is 14.9 Å². The molecule has 22 heavy (non-hydrogen) atoms. The minimum atomic E-state index is -1.31. The maximum Gasteiger partial charge on any atom is 0.306 e. The summed E-state index contributed by atoms with van der Waals surface area (Å²) in [5, 5.41) is 18.2. The van der Waals surface area contributed by atoms with E-state index in [4.69, 9.17) is 26.6 Å². The lowest BCUT2D eigenvalue weighted by Crippen LogP contribution is -2.21. The molecular formula is C17H25ClO4. The molecule has 1 fully saturated rings. The summed E-state index contributed by atoms with van der Waals surface area (Å²) < 4.78 is 4.86. The number of esters is 1. The number of aliphatic hydroxyl groups is 2. The van der Waals surface area contributed by atoms with Crippen molar-refractivity contribution < 1.29 is 19.7 Å². The van der Waals surface area contributed by atoms with Gasteiger partial charge in [-0.2, -0.15) is 0 Å². The Morgan fingerprint density at radius 1 is 1.32 bits per heavy atom. The normalized spacial score (nSPS) is 15.9. The van der Waals surface area contributed by atoms with Gasteiger partial charge in [0, 0.05) is 24.3 Å². The highest BCUT2D eigenvalue weighted by Crippen LogP contribution is 2.25. The van der Waals surface area contributed by atoms with Crippen LogP contribution in [0.4, 0.5) is 0 Å². The lowest BCUT2D eigenvalue weighted by molar-refractivity contribution is -0.152. The highest BCUT2D eigenvalue weighted by atomic mass is 35.5. The van der Waals surface area contributed by atoms with Crippen molar-refractivity contribution in [3.63, 3.8) is 0 Å². The second-order valence-electron chi connectivity index (χ2n) is 5.53. The number of aryl methyl sites for hydroxylation is 1. The van der Waals surface area contributed by atoms with Gasteiger partial charge in [0.05, 0.1) is 6.61 Å². The average molecular weight is 329 g/mol. The fourth-order valence-electron chi connectivity index (χ4n) is 2.38. The van der Waals surface area contributed by atoms with Gasteiger partial charge in [0.2, 0.25) is 0 Å². The Morgan fingerprint density at radius 2 is 1.95 bits per heavy atom. The van der Waals surface area contributed by atoms with Crippen molar-refractivity contribution in [2.24, 2.45) is 0 Å². The fraction of sp³-hybridized carbons (Fsp3) is 0.588. The van der Waals surface area contributed by atoms with Crippen molar-refractivity contribution in [2.45, 2.75) is 58.2 Å². The largest absolute Gasteiger partial charge is 0.466 e. The van der Waals surface area contributed by atoms with Gasteiger partial charge in [-0.1, -0.05) is 23.7 Å². The molecule has 0 heterocycles. The van der Waals surface area contributed by atoms with Gasteiger partial charge in [-0.15, -0.1) is 0 Å². The summed E-state index contributed by atoms with van der Waals surface area (Å²) in [7, 11) is 0. The van der Waals surface area contributed by atoms with Crippen LogP contribution < -0.4 is 0 Å². The van der Waals surface area contributed by atoms with E-state index in [1.54, 1.807) is 6.92 Å². The minimum absolute atomic E-state index is 0.170. The Bertz CT molecular complexity index is 457. The Hall–Kier alpha value is -1.10.